The van der Waals surface area contributed by atoms with Crippen molar-refractivity contribution in [2.45, 2.75) is 12.8 Å². The van der Waals surface area contributed by atoms with Gasteiger partial charge in [-0.1, -0.05) is 6.58 Å². The van der Waals surface area contributed by atoms with E-state index in [1.807, 2.05) is 0 Å². The zero-order valence-electron chi connectivity index (χ0n) is 7.45. The molecule has 4 nitrogen and oxygen atoms in total. The molecule has 0 aromatic rings. The van der Waals surface area contributed by atoms with Gasteiger partial charge in [0.15, 0.2) is 0 Å². The first-order chi connectivity index (χ1) is 6.15. The van der Waals surface area contributed by atoms with Crippen LogP contribution in [0.25, 0.3) is 0 Å². The Morgan fingerprint density at radius 3 is 2.46 bits per heavy atom. The molecule has 0 atom stereocenters. The molecular weight excluding hydrogens is 170 g/mol. The third-order valence-corrected chi connectivity index (χ3v) is 2.10. The van der Waals surface area contributed by atoms with Crippen LogP contribution >= 0.6 is 0 Å². The summed E-state index contributed by atoms with van der Waals surface area (Å²) in [5.41, 5.74) is 0.189. The van der Waals surface area contributed by atoms with Crippen LogP contribution in [0.15, 0.2) is 12.2 Å². The highest BCUT2D eigenvalue weighted by Crippen LogP contribution is 2.08. The number of Topliss-reactive ketones (excluding diaryl/α,β-unsaturated/α-hetero) is 1. The monoisotopic (exact) mass is 183 g/mol. The number of piperidine rings is 1. The van der Waals surface area contributed by atoms with E-state index in [-0.39, 0.29) is 23.9 Å². The lowest BCUT2D eigenvalue weighted by atomic mass is 10.1. The molecule has 1 saturated heterocycles. The number of carbonyl (C=O) groups excluding carboxylic acids is 2. The quantitative estimate of drug-likeness (QED) is 0.599. The van der Waals surface area contributed by atoms with Gasteiger partial charge in [0.05, 0.1) is 6.61 Å². The Morgan fingerprint density at radius 1 is 1.46 bits per heavy atom. The number of hydrogen-bond donors (Lipinski definition) is 1. The van der Waals surface area contributed by atoms with Crippen LogP contribution in [-0.2, 0) is 9.59 Å². The molecule has 0 saturated carbocycles. The molecule has 0 aliphatic carbocycles. The van der Waals surface area contributed by atoms with E-state index in [1.54, 1.807) is 4.90 Å². The maximum atomic E-state index is 11.4. The van der Waals surface area contributed by atoms with Crippen molar-refractivity contribution in [2.24, 2.45) is 0 Å². The largest absolute Gasteiger partial charge is 0.391 e. The summed E-state index contributed by atoms with van der Waals surface area (Å²) in [6.07, 6.45) is 0.842. The van der Waals surface area contributed by atoms with Gasteiger partial charge in [-0.3, -0.25) is 9.59 Å². The molecule has 0 aromatic carbocycles. The van der Waals surface area contributed by atoms with Crippen molar-refractivity contribution in [1.82, 2.24) is 4.90 Å². The van der Waals surface area contributed by atoms with Gasteiger partial charge in [-0.05, 0) is 0 Å². The minimum atomic E-state index is -0.316. The van der Waals surface area contributed by atoms with Gasteiger partial charge in [-0.15, -0.1) is 0 Å². The van der Waals surface area contributed by atoms with Crippen LogP contribution in [-0.4, -0.2) is 41.4 Å². The maximum Gasteiger partial charge on any atom is 0.251 e. The topological polar surface area (TPSA) is 57.6 Å². The molecule has 1 fully saturated rings. The van der Waals surface area contributed by atoms with Crippen LogP contribution in [0.1, 0.15) is 12.8 Å². The average molecular weight is 183 g/mol. The Kier molecular flexibility index (Phi) is 3.19. The Balaban J connectivity index is 2.49. The van der Waals surface area contributed by atoms with Crippen LogP contribution < -0.4 is 0 Å². The van der Waals surface area contributed by atoms with Crippen molar-refractivity contribution in [1.29, 1.82) is 0 Å². The third-order valence-electron chi connectivity index (χ3n) is 2.10. The van der Waals surface area contributed by atoms with Crippen molar-refractivity contribution in [3.63, 3.8) is 0 Å². The van der Waals surface area contributed by atoms with Crippen LogP contribution in [0.5, 0.6) is 0 Å². The summed E-state index contributed by atoms with van der Waals surface area (Å²) in [5, 5.41) is 8.67. The van der Waals surface area contributed by atoms with Gasteiger partial charge in [0.2, 0.25) is 0 Å². The molecule has 1 heterocycles. The molecule has 1 N–H and O–H groups in total. The van der Waals surface area contributed by atoms with Crippen molar-refractivity contribution in [3.05, 3.63) is 12.2 Å². The van der Waals surface area contributed by atoms with Crippen LogP contribution in [0.2, 0.25) is 0 Å². The Morgan fingerprint density at radius 2 is 2.00 bits per heavy atom. The maximum absolute atomic E-state index is 11.4. The molecular formula is C9H13NO3. The third kappa shape index (κ3) is 2.39. The standard InChI is InChI=1S/C9H13NO3/c1-7(6-11)9(13)10-4-2-8(12)3-5-10/h11H,1-6H2. The van der Waals surface area contributed by atoms with Crippen molar-refractivity contribution in [2.75, 3.05) is 19.7 Å². The number of carbonyl (C=O) groups is 2. The number of hydrogen-bond acceptors (Lipinski definition) is 3. The van der Waals surface area contributed by atoms with Crippen molar-refractivity contribution in [3.8, 4) is 0 Å². The normalized spacial score (nSPS) is 17.3. The molecule has 72 valence electrons. The second kappa shape index (κ2) is 4.18. The van der Waals surface area contributed by atoms with E-state index in [2.05, 4.69) is 6.58 Å². The predicted octanol–water partition coefficient (Wildman–Crippen LogP) is -0.274. The van der Waals surface area contributed by atoms with Crippen LogP contribution in [0.3, 0.4) is 0 Å². The first-order valence-electron chi connectivity index (χ1n) is 4.24. The summed E-state index contributed by atoms with van der Waals surface area (Å²) in [6, 6.07) is 0. The lowest BCUT2D eigenvalue weighted by Crippen LogP contribution is -2.39. The highest BCUT2D eigenvalue weighted by Gasteiger charge is 2.21. The fourth-order valence-corrected chi connectivity index (χ4v) is 1.25. The number of nitrogens with zero attached hydrogens (tertiary/aromatic N) is 1. The van der Waals surface area contributed by atoms with E-state index in [0.717, 1.165) is 0 Å². The summed E-state index contributed by atoms with van der Waals surface area (Å²) >= 11 is 0. The van der Waals surface area contributed by atoms with Crippen LogP contribution in [0, 0.1) is 0 Å². The zero-order valence-corrected chi connectivity index (χ0v) is 7.45. The second-order valence-electron chi connectivity index (χ2n) is 3.09. The van der Waals surface area contributed by atoms with Gasteiger partial charge < -0.3 is 10.0 Å². The number of aliphatic hydroxyl groups is 1. The van der Waals surface area contributed by atoms with Gasteiger partial charge in [0.25, 0.3) is 5.91 Å². The molecule has 0 bridgehead atoms. The molecule has 1 amide bonds. The van der Waals surface area contributed by atoms with E-state index < -0.39 is 0 Å². The second-order valence-corrected chi connectivity index (χ2v) is 3.09. The highest BCUT2D eigenvalue weighted by atomic mass is 16.3. The molecule has 4 heteroatoms. The van der Waals surface area contributed by atoms with Gasteiger partial charge in [0, 0.05) is 31.5 Å². The predicted molar refractivity (Wildman–Crippen MR) is 47.0 cm³/mol. The summed E-state index contributed by atoms with van der Waals surface area (Å²) in [4.78, 5) is 23.8. The fraction of sp³-hybridized carbons (Fsp3) is 0.556. The first kappa shape index (κ1) is 9.92. The van der Waals surface area contributed by atoms with E-state index in [4.69, 9.17) is 5.11 Å². The minimum absolute atomic E-state index is 0.189. The first-order valence-corrected chi connectivity index (χ1v) is 4.24. The van der Waals surface area contributed by atoms with Crippen molar-refractivity contribution >= 4 is 11.7 Å². The molecule has 0 spiro atoms. The number of rotatable bonds is 2. The Bertz CT molecular complexity index is 237. The molecule has 1 rings (SSSR count). The molecule has 0 aromatic heterocycles. The van der Waals surface area contributed by atoms with Gasteiger partial charge in [0.1, 0.15) is 5.78 Å². The number of likely N-dealkylation sites (tertiary alicyclic amines) is 1. The van der Waals surface area contributed by atoms with E-state index >= 15 is 0 Å². The SMILES string of the molecule is C=C(CO)C(=O)N1CCC(=O)CC1. The van der Waals surface area contributed by atoms with E-state index in [0.29, 0.717) is 25.9 Å². The molecule has 1 aliphatic heterocycles. The van der Waals surface area contributed by atoms with Gasteiger partial charge in [-0.25, -0.2) is 0 Å². The molecule has 0 radical (unpaired) electrons. The fourth-order valence-electron chi connectivity index (χ4n) is 1.25. The average Bonchev–Trinajstić information content (AvgIpc) is 2.17. The lowest BCUT2D eigenvalue weighted by Gasteiger charge is -2.26. The van der Waals surface area contributed by atoms with Crippen molar-refractivity contribution < 1.29 is 14.7 Å². The lowest BCUT2D eigenvalue weighted by molar-refractivity contribution is -0.131. The van der Waals surface area contributed by atoms with E-state index in [9.17, 15) is 9.59 Å². The summed E-state index contributed by atoms with van der Waals surface area (Å²) in [6.45, 7) is 4.04. The number of ketones is 1. The smallest absolute Gasteiger partial charge is 0.251 e. The van der Waals surface area contributed by atoms with Gasteiger partial charge >= 0.3 is 0 Å². The Labute approximate surface area is 76.8 Å². The Hall–Kier alpha value is -1.16. The molecule has 1 aliphatic rings. The van der Waals surface area contributed by atoms with Gasteiger partial charge in [-0.2, -0.15) is 0 Å². The number of amides is 1. The molecule has 0 unspecified atom stereocenters. The zero-order chi connectivity index (χ0) is 9.84. The summed E-state index contributed by atoms with van der Waals surface area (Å²) in [7, 11) is 0. The summed E-state index contributed by atoms with van der Waals surface area (Å²) in [5.74, 6) is -0.0475. The number of aliphatic hydroxyl groups excluding tert-OH is 1. The van der Waals surface area contributed by atoms with Crippen LogP contribution in [0.4, 0.5) is 0 Å². The highest BCUT2D eigenvalue weighted by molar-refractivity contribution is 5.94. The summed E-state index contributed by atoms with van der Waals surface area (Å²) < 4.78 is 0. The minimum Gasteiger partial charge on any atom is -0.391 e. The van der Waals surface area contributed by atoms with E-state index in [1.165, 1.54) is 0 Å². The molecule has 13 heavy (non-hydrogen) atoms.